The number of carbonyl (C=O) groups is 1. The summed E-state index contributed by atoms with van der Waals surface area (Å²) in [5, 5.41) is 13.3. The van der Waals surface area contributed by atoms with Gasteiger partial charge in [0.15, 0.2) is 0 Å². The minimum absolute atomic E-state index is 0.0869. The van der Waals surface area contributed by atoms with Gasteiger partial charge in [-0.25, -0.2) is 13.2 Å². The first kappa shape index (κ1) is 19.1. The van der Waals surface area contributed by atoms with Crippen LogP contribution in [-0.2, 0) is 10.0 Å². The molecule has 0 amide bonds. The Kier molecular flexibility index (Phi) is 5.88. The van der Waals surface area contributed by atoms with Crippen LogP contribution in [0.4, 0.5) is 5.69 Å². The molecule has 0 bridgehead atoms. The molecular weight excluding hydrogens is 366 g/mol. The van der Waals surface area contributed by atoms with Crippen LogP contribution in [0.2, 0.25) is 0 Å². The van der Waals surface area contributed by atoms with E-state index in [1.165, 1.54) is 16.6 Å². The highest BCUT2D eigenvalue weighted by molar-refractivity contribution is 7.89. The Hall–Kier alpha value is -2.71. The first-order valence-electron chi connectivity index (χ1n) is 8.71. The quantitative estimate of drug-likeness (QED) is 0.586. The van der Waals surface area contributed by atoms with Gasteiger partial charge in [0.05, 0.1) is 22.4 Å². The third-order valence-electron chi connectivity index (χ3n) is 4.40. The van der Waals surface area contributed by atoms with Crippen LogP contribution < -0.4 is 5.43 Å². The number of rotatable bonds is 6. The molecule has 1 heterocycles. The lowest BCUT2D eigenvalue weighted by Crippen LogP contribution is -2.36. The predicted octanol–water partition coefficient (Wildman–Crippen LogP) is 3.01. The van der Waals surface area contributed by atoms with Crippen molar-refractivity contribution in [2.75, 3.05) is 18.5 Å². The van der Waals surface area contributed by atoms with Crippen LogP contribution in [0.25, 0.3) is 0 Å². The monoisotopic (exact) mass is 387 g/mol. The van der Waals surface area contributed by atoms with Gasteiger partial charge in [0, 0.05) is 18.7 Å². The van der Waals surface area contributed by atoms with Gasteiger partial charge >= 0.3 is 5.97 Å². The van der Waals surface area contributed by atoms with Gasteiger partial charge in [-0.1, -0.05) is 36.8 Å². The molecule has 1 saturated heterocycles. The number of carboxylic acids is 1. The molecule has 0 saturated carbocycles. The van der Waals surface area contributed by atoms with Crippen molar-refractivity contribution in [1.82, 2.24) is 4.31 Å². The highest BCUT2D eigenvalue weighted by Crippen LogP contribution is 2.23. The zero-order valence-corrected chi connectivity index (χ0v) is 15.5. The number of aromatic carboxylic acids is 1. The lowest BCUT2D eigenvalue weighted by molar-refractivity contribution is 0.0698. The third-order valence-corrected chi connectivity index (χ3v) is 6.37. The Bertz CT molecular complexity index is 951. The molecule has 27 heavy (non-hydrogen) atoms. The van der Waals surface area contributed by atoms with Crippen LogP contribution in [0.5, 0.6) is 0 Å². The summed E-state index contributed by atoms with van der Waals surface area (Å²) in [6.07, 6.45) is 4.17. The first-order chi connectivity index (χ1) is 13.0. The lowest BCUT2D eigenvalue weighted by atomic mass is 10.2. The zero-order valence-electron chi connectivity index (χ0n) is 14.7. The molecule has 2 N–H and O–H groups in total. The van der Waals surface area contributed by atoms with Crippen molar-refractivity contribution in [2.24, 2.45) is 5.10 Å². The number of sulfonamides is 1. The van der Waals surface area contributed by atoms with Crippen molar-refractivity contribution in [3.05, 3.63) is 59.7 Å². The van der Waals surface area contributed by atoms with Crippen LogP contribution in [0.15, 0.2) is 58.5 Å². The van der Waals surface area contributed by atoms with E-state index in [1.54, 1.807) is 42.5 Å². The number of para-hydroxylation sites is 1. The van der Waals surface area contributed by atoms with Crippen LogP contribution >= 0.6 is 0 Å². The first-order valence-corrected chi connectivity index (χ1v) is 10.1. The third kappa shape index (κ3) is 4.35. The molecule has 2 aromatic rings. The molecule has 3 rings (SSSR count). The van der Waals surface area contributed by atoms with E-state index in [0.717, 1.165) is 19.3 Å². The van der Waals surface area contributed by atoms with Gasteiger partial charge in [0.2, 0.25) is 10.0 Å². The van der Waals surface area contributed by atoms with E-state index < -0.39 is 16.0 Å². The number of piperidine rings is 1. The highest BCUT2D eigenvalue weighted by Gasteiger charge is 2.27. The molecule has 8 heteroatoms. The summed E-state index contributed by atoms with van der Waals surface area (Å²) in [4.78, 5) is 11.4. The topological polar surface area (TPSA) is 99.1 Å². The normalized spacial score (nSPS) is 15.7. The summed E-state index contributed by atoms with van der Waals surface area (Å²) in [5.41, 5.74) is 3.55. The maximum absolute atomic E-state index is 13.0. The van der Waals surface area contributed by atoms with Crippen molar-refractivity contribution in [2.45, 2.75) is 24.2 Å². The summed E-state index contributed by atoms with van der Waals surface area (Å²) in [5.74, 6) is -1.07. The fourth-order valence-electron chi connectivity index (χ4n) is 3.00. The minimum Gasteiger partial charge on any atom is -0.478 e. The SMILES string of the molecule is O=C(O)c1ccccc1NN=Cc1ccccc1S(=O)(=O)N1CCCCC1. The van der Waals surface area contributed by atoms with Crippen molar-refractivity contribution >= 4 is 27.9 Å². The van der Waals surface area contributed by atoms with Gasteiger partial charge in [0.1, 0.15) is 0 Å². The Labute approximate surface area is 158 Å². The number of hydrogen-bond donors (Lipinski definition) is 2. The number of benzene rings is 2. The lowest BCUT2D eigenvalue weighted by Gasteiger charge is -2.26. The van der Waals surface area contributed by atoms with E-state index in [2.05, 4.69) is 10.5 Å². The second kappa shape index (κ2) is 8.32. The van der Waals surface area contributed by atoms with Gasteiger partial charge in [0.25, 0.3) is 0 Å². The molecule has 0 spiro atoms. The maximum atomic E-state index is 13.0. The van der Waals surface area contributed by atoms with Crippen molar-refractivity contribution in [1.29, 1.82) is 0 Å². The number of nitrogens with one attached hydrogen (secondary N) is 1. The van der Waals surface area contributed by atoms with E-state index >= 15 is 0 Å². The van der Waals surface area contributed by atoms with E-state index in [4.69, 9.17) is 0 Å². The highest BCUT2D eigenvalue weighted by atomic mass is 32.2. The molecule has 0 atom stereocenters. The molecular formula is C19H21N3O4S. The number of carboxylic acid groups (broad SMARTS) is 1. The molecule has 1 aliphatic rings. The van der Waals surface area contributed by atoms with Gasteiger partial charge in [-0.05, 0) is 31.0 Å². The largest absolute Gasteiger partial charge is 0.478 e. The molecule has 2 aromatic carbocycles. The molecule has 0 radical (unpaired) electrons. The van der Waals surface area contributed by atoms with Gasteiger partial charge in [-0.15, -0.1) is 0 Å². The second-order valence-corrected chi connectivity index (χ2v) is 8.13. The van der Waals surface area contributed by atoms with E-state index in [1.807, 2.05) is 0 Å². The molecule has 1 aliphatic heterocycles. The minimum atomic E-state index is -3.59. The number of anilines is 1. The fourth-order valence-corrected chi connectivity index (χ4v) is 4.69. The van der Waals surface area contributed by atoms with Crippen molar-refractivity contribution in [3.8, 4) is 0 Å². The molecule has 1 fully saturated rings. The number of hydrazone groups is 1. The second-order valence-electron chi connectivity index (χ2n) is 6.22. The Morgan fingerprint density at radius 3 is 2.44 bits per heavy atom. The molecule has 0 aliphatic carbocycles. The predicted molar refractivity (Wildman–Crippen MR) is 104 cm³/mol. The smallest absolute Gasteiger partial charge is 0.337 e. The standard InChI is InChI=1S/C19H21N3O4S/c23-19(24)16-9-3-4-10-17(16)21-20-14-15-8-2-5-11-18(15)27(25,26)22-12-6-1-7-13-22/h2-5,8-11,14,21H,1,6-7,12-13H2,(H,23,24). The Balaban J connectivity index is 1.84. The van der Waals surface area contributed by atoms with Gasteiger partial charge in [-0.3, -0.25) is 5.43 Å². The van der Waals surface area contributed by atoms with Gasteiger partial charge < -0.3 is 5.11 Å². The average molecular weight is 387 g/mol. The summed E-state index contributed by atoms with van der Waals surface area (Å²) in [6.45, 7) is 1.05. The maximum Gasteiger partial charge on any atom is 0.337 e. The van der Waals surface area contributed by atoms with E-state index in [-0.39, 0.29) is 10.5 Å². The number of nitrogens with zero attached hydrogens (tertiary/aromatic N) is 2. The van der Waals surface area contributed by atoms with Crippen molar-refractivity contribution in [3.63, 3.8) is 0 Å². The molecule has 7 nitrogen and oxygen atoms in total. The van der Waals surface area contributed by atoms with E-state index in [9.17, 15) is 18.3 Å². The number of hydrogen-bond acceptors (Lipinski definition) is 5. The van der Waals surface area contributed by atoms with Crippen LogP contribution in [0.1, 0.15) is 35.2 Å². The summed E-state index contributed by atoms with van der Waals surface area (Å²) in [6, 6.07) is 13.0. The molecule has 142 valence electrons. The zero-order chi connectivity index (χ0) is 19.3. The van der Waals surface area contributed by atoms with Gasteiger partial charge in [-0.2, -0.15) is 9.41 Å². The van der Waals surface area contributed by atoms with Crippen LogP contribution in [0, 0.1) is 0 Å². The molecule has 0 unspecified atom stereocenters. The summed E-state index contributed by atoms with van der Waals surface area (Å²) in [7, 11) is -3.59. The Morgan fingerprint density at radius 2 is 1.70 bits per heavy atom. The summed E-state index contributed by atoms with van der Waals surface area (Å²) >= 11 is 0. The average Bonchev–Trinajstić information content (AvgIpc) is 2.69. The Morgan fingerprint density at radius 1 is 1.04 bits per heavy atom. The van der Waals surface area contributed by atoms with Crippen LogP contribution in [-0.4, -0.2) is 43.1 Å². The summed E-state index contributed by atoms with van der Waals surface area (Å²) < 4.78 is 27.4. The fraction of sp³-hybridized carbons (Fsp3) is 0.263. The van der Waals surface area contributed by atoms with Crippen LogP contribution in [0.3, 0.4) is 0 Å². The van der Waals surface area contributed by atoms with Crippen molar-refractivity contribution < 1.29 is 18.3 Å². The molecule has 0 aromatic heterocycles. The van der Waals surface area contributed by atoms with E-state index in [0.29, 0.717) is 24.3 Å².